The molecule has 5 heteroatoms. The zero-order valence-electron chi connectivity index (χ0n) is 11.9. The molecule has 1 fully saturated rings. The van der Waals surface area contributed by atoms with Crippen LogP contribution in [0.25, 0.3) is 0 Å². The quantitative estimate of drug-likeness (QED) is 0.920. The van der Waals surface area contributed by atoms with Gasteiger partial charge in [-0.3, -0.25) is 9.69 Å². The van der Waals surface area contributed by atoms with Crippen LogP contribution in [0.1, 0.15) is 16.1 Å². The van der Waals surface area contributed by atoms with Crippen molar-refractivity contribution in [1.82, 2.24) is 4.90 Å². The second kappa shape index (κ2) is 5.92. The monoisotopic (exact) mass is 305 g/mol. The highest BCUT2D eigenvalue weighted by molar-refractivity contribution is 6.30. The van der Waals surface area contributed by atoms with Crippen LogP contribution >= 0.6 is 11.6 Å². The smallest absolute Gasteiger partial charge is 0.289 e. The van der Waals surface area contributed by atoms with Crippen LogP contribution in [0.5, 0.6) is 0 Å². The van der Waals surface area contributed by atoms with Crippen molar-refractivity contribution in [2.75, 3.05) is 26.2 Å². The van der Waals surface area contributed by atoms with Crippen LogP contribution in [-0.2, 0) is 0 Å². The number of nitrogens with zero attached hydrogens (tertiary/aromatic N) is 1. The van der Waals surface area contributed by atoms with Gasteiger partial charge in [0.25, 0.3) is 5.91 Å². The van der Waals surface area contributed by atoms with E-state index < -0.39 is 0 Å². The van der Waals surface area contributed by atoms with Crippen molar-refractivity contribution in [3.05, 3.63) is 52.9 Å². The summed E-state index contributed by atoms with van der Waals surface area (Å²) in [4.78, 5) is 15.4. The fourth-order valence-electron chi connectivity index (χ4n) is 2.78. The number of hydrogen-bond donors (Lipinski definition) is 1. The molecule has 1 aromatic heterocycles. The number of amides is 1. The Labute approximate surface area is 128 Å². The number of furan rings is 1. The molecule has 1 saturated heterocycles. The molecule has 1 aliphatic heterocycles. The minimum absolute atomic E-state index is 0.0260. The highest BCUT2D eigenvalue weighted by Crippen LogP contribution is 2.17. The molecule has 1 amide bonds. The average molecular weight is 306 g/mol. The fraction of sp³-hybridized carbons (Fsp3) is 0.312. The summed E-state index contributed by atoms with van der Waals surface area (Å²) < 4.78 is 5.18. The molecule has 0 saturated carbocycles. The summed E-state index contributed by atoms with van der Waals surface area (Å²) >= 11 is 6.09. The van der Waals surface area contributed by atoms with E-state index in [-0.39, 0.29) is 5.91 Å². The molecule has 1 aliphatic rings. The van der Waals surface area contributed by atoms with E-state index in [9.17, 15) is 4.79 Å². The number of carbonyl (C=O) groups is 1. The van der Waals surface area contributed by atoms with Crippen LogP contribution in [0.4, 0.5) is 5.69 Å². The Hall–Kier alpha value is -1.78. The summed E-state index contributed by atoms with van der Waals surface area (Å²) in [6, 6.07) is 9.44. The summed E-state index contributed by atoms with van der Waals surface area (Å²) in [5, 5.41) is 0.761. The Morgan fingerprint density at radius 1 is 1.29 bits per heavy atom. The van der Waals surface area contributed by atoms with Crippen molar-refractivity contribution in [3.63, 3.8) is 0 Å². The largest absolute Gasteiger partial charge is 0.459 e. The van der Waals surface area contributed by atoms with Gasteiger partial charge < -0.3 is 9.32 Å². The van der Waals surface area contributed by atoms with E-state index in [0.717, 1.165) is 31.2 Å². The Bertz CT molecular complexity index is 632. The molecule has 110 valence electrons. The molecule has 2 aromatic rings. The van der Waals surface area contributed by atoms with Gasteiger partial charge in [-0.1, -0.05) is 17.7 Å². The molecule has 0 spiro atoms. The zero-order chi connectivity index (χ0) is 14.8. The lowest BCUT2D eigenvalue weighted by Crippen LogP contribution is -3.10. The maximum atomic E-state index is 12.2. The molecule has 0 atom stereocenters. The van der Waals surface area contributed by atoms with Crippen molar-refractivity contribution < 1.29 is 14.1 Å². The highest BCUT2D eigenvalue weighted by Gasteiger charge is 2.27. The van der Waals surface area contributed by atoms with E-state index >= 15 is 0 Å². The molecular formula is C16H18ClN2O2+. The molecule has 0 bridgehead atoms. The summed E-state index contributed by atoms with van der Waals surface area (Å²) in [5.41, 5.74) is 2.47. The molecule has 1 N–H and O–H groups in total. The number of halogens is 1. The van der Waals surface area contributed by atoms with E-state index in [2.05, 4.69) is 6.92 Å². The Morgan fingerprint density at radius 3 is 2.71 bits per heavy atom. The summed E-state index contributed by atoms with van der Waals surface area (Å²) in [5.74, 6) is 0.388. The first-order valence-corrected chi connectivity index (χ1v) is 7.47. The van der Waals surface area contributed by atoms with Gasteiger partial charge in [0.2, 0.25) is 0 Å². The fourth-order valence-corrected chi connectivity index (χ4v) is 2.95. The minimum atomic E-state index is -0.0260. The van der Waals surface area contributed by atoms with E-state index in [0.29, 0.717) is 5.76 Å². The molecular weight excluding hydrogens is 288 g/mol. The van der Waals surface area contributed by atoms with Crippen LogP contribution < -0.4 is 4.90 Å². The standard InChI is InChI=1S/C16H17ClN2O2/c1-12-4-5-13(17)11-14(12)18-6-8-19(9-7-18)16(20)15-3-2-10-21-15/h2-5,10-11H,6-9H2,1H3/p+1. The van der Waals surface area contributed by atoms with Gasteiger partial charge >= 0.3 is 0 Å². The van der Waals surface area contributed by atoms with Crippen LogP contribution in [0, 0.1) is 6.92 Å². The number of piperazine rings is 1. The Balaban J connectivity index is 1.68. The van der Waals surface area contributed by atoms with Crippen molar-refractivity contribution in [3.8, 4) is 0 Å². The Morgan fingerprint density at radius 2 is 2.05 bits per heavy atom. The normalized spacial score (nSPS) is 16.2. The van der Waals surface area contributed by atoms with Gasteiger partial charge in [0.15, 0.2) is 5.76 Å². The highest BCUT2D eigenvalue weighted by atomic mass is 35.5. The molecule has 0 unspecified atom stereocenters. The number of quaternary nitrogens is 1. The molecule has 1 aromatic carbocycles. The lowest BCUT2D eigenvalue weighted by Gasteiger charge is -2.32. The first-order chi connectivity index (χ1) is 10.1. The first-order valence-electron chi connectivity index (χ1n) is 7.09. The van der Waals surface area contributed by atoms with Gasteiger partial charge in [-0.05, 0) is 25.1 Å². The lowest BCUT2D eigenvalue weighted by atomic mass is 10.1. The van der Waals surface area contributed by atoms with E-state index in [1.54, 1.807) is 12.1 Å². The topological polar surface area (TPSA) is 37.9 Å². The third-order valence-electron chi connectivity index (χ3n) is 3.97. The van der Waals surface area contributed by atoms with Gasteiger partial charge in [0.1, 0.15) is 5.69 Å². The van der Waals surface area contributed by atoms with Crippen LogP contribution in [0.3, 0.4) is 0 Å². The summed E-state index contributed by atoms with van der Waals surface area (Å²) in [7, 11) is 0. The zero-order valence-corrected chi connectivity index (χ0v) is 12.7. The van der Waals surface area contributed by atoms with Crippen molar-refractivity contribution >= 4 is 23.2 Å². The lowest BCUT2D eigenvalue weighted by molar-refractivity contribution is -0.837. The second-order valence-corrected chi connectivity index (χ2v) is 5.77. The van der Waals surface area contributed by atoms with E-state index in [1.807, 2.05) is 23.1 Å². The average Bonchev–Trinajstić information content (AvgIpc) is 3.03. The Kier molecular flexibility index (Phi) is 3.99. The number of rotatable bonds is 2. The number of carbonyl (C=O) groups excluding carboxylic acids is 1. The minimum Gasteiger partial charge on any atom is -0.459 e. The maximum absolute atomic E-state index is 12.2. The second-order valence-electron chi connectivity index (χ2n) is 5.33. The van der Waals surface area contributed by atoms with Crippen molar-refractivity contribution in [1.29, 1.82) is 0 Å². The molecule has 0 radical (unpaired) electrons. The molecule has 3 rings (SSSR count). The van der Waals surface area contributed by atoms with Crippen LogP contribution in [0.15, 0.2) is 41.0 Å². The van der Waals surface area contributed by atoms with Crippen molar-refractivity contribution in [2.24, 2.45) is 0 Å². The van der Waals surface area contributed by atoms with E-state index in [1.165, 1.54) is 22.4 Å². The third-order valence-corrected chi connectivity index (χ3v) is 4.20. The summed E-state index contributed by atoms with van der Waals surface area (Å²) in [6.07, 6.45) is 1.53. The van der Waals surface area contributed by atoms with Crippen LogP contribution in [-0.4, -0.2) is 37.0 Å². The van der Waals surface area contributed by atoms with E-state index in [4.69, 9.17) is 16.0 Å². The van der Waals surface area contributed by atoms with Gasteiger partial charge in [-0.25, -0.2) is 0 Å². The first kappa shape index (κ1) is 14.2. The molecule has 21 heavy (non-hydrogen) atoms. The molecule has 0 aliphatic carbocycles. The summed E-state index contributed by atoms with van der Waals surface area (Å²) in [6.45, 7) is 5.31. The maximum Gasteiger partial charge on any atom is 0.289 e. The van der Waals surface area contributed by atoms with Gasteiger partial charge in [-0.2, -0.15) is 0 Å². The van der Waals surface area contributed by atoms with Gasteiger partial charge in [0.05, 0.1) is 32.4 Å². The third kappa shape index (κ3) is 2.96. The van der Waals surface area contributed by atoms with Gasteiger partial charge in [-0.15, -0.1) is 0 Å². The van der Waals surface area contributed by atoms with Crippen molar-refractivity contribution in [2.45, 2.75) is 6.92 Å². The van der Waals surface area contributed by atoms with Crippen LogP contribution in [0.2, 0.25) is 5.02 Å². The van der Waals surface area contributed by atoms with Gasteiger partial charge in [0, 0.05) is 16.7 Å². The predicted molar refractivity (Wildman–Crippen MR) is 81.2 cm³/mol. The number of nitrogens with one attached hydrogen (secondary N) is 1. The number of hydrogen-bond acceptors (Lipinski definition) is 2. The predicted octanol–water partition coefficient (Wildman–Crippen LogP) is 1.91. The molecule has 2 heterocycles. The number of benzene rings is 1. The number of aryl methyl sites for hydroxylation is 1. The SMILES string of the molecule is Cc1ccc(Cl)cc1[NH+]1CCN(C(=O)c2ccco2)CC1. The molecule has 4 nitrogen and oxygen atoms in total.